The Bertz CT molecular complexity index is 1610. The number of carbonyl (C=O) groups is 4. The van der Waals surface area contributed by atoms with Crippen LogP contribution in [0, 0.1) is 0 Å². The lowest BCUT2D eigenvalue weighted by atomic mass is 10.0. The number of hydrogen-bond acceptors (Lipinski definition) is 6. The molecule has 2 atom stereocenters. The van der Waals surface area contributed by atoms with Gasteiger partial charge in [0, 0.05) is 25.9 Å². The highest BCUT2D eigenvalue weighted by molar-refractivity contribution is 5.93. The summed E-state index contributed by atoms with van der Waals surface area (Å²) in [6.07, 6.45) is 0.510. The van der Waals surface area contributed by atoms with Crippen molar-refractivity contribution < 1.29 is 23.9 Å². The van der Waals surface area contributed by atoms with E-state index < -0.39 is 23.9 Å². The summed E-state index contributed by atoms with van der Waals surface area (Å²) < 4.78 is 5.54. The smallest absolute Gasteiger partial charge is 0.243 e. The van der Waals surface area contributed by atoms with Crippen LogP contribution in [0.15, 0.2) is 109 Å². The van der Waals surface area contributed by atoms with Crippen LogP contribution in [-0.2, 0) is 51.5 Å². The van der Waals surface area contributed by atoms with Crippen molar-refractivity contribution in [1.29, 1.82) is 0 Å². The van der Waals surface area contributed by atoms with Crippen LogP contribution in [0.3, 0.4) is 0 Å². The predicted molar refractivity (Wildman–Crippen MR) is 185 cm³/mol. The molecule has 0 aliphatic rings. The molecule has 0 saturated carbocycles. The fourth-order valence-electron chi connectivity index (χ4n) is 5.04. The first kappa shape index (κ1) is 35.4. The Kier molecular flexibility index (Phi) is 13.7. The van der Waals surface area contributed by atoms with Crippen molar-refractivity contribution >= 4 is 23.6 Å². The SMILES string of the molecule is CCOc1ccc(C[C@@H](NC(=O)CNC(=O)Cc2ccccc2)C(=O)N[C@@H](Cc2ccccc2)C(=O)NCc2ccc(CN)cc2)cc1. The fraction of sp³-hybridized carbons (Fsp3) is 0.263. The van der Waals surface area contributed by atoms with Gasteiger partial charge in [-0.3, -0.25) is 19.2 Å². The summed E-state index contributed by atoms with van der Waals surface area (Å²) in [4.78, 5) is 52.9. The van der Waals surface area contributed by atoms with E-state index in [9.17, 15) is 19.2 Å². The Hall–Kier alpha value is -5.48. The minimum absolute atomic E-state index is 0.123. The topological polar surface area (TPSA) is 152 Å². The number of ether oxygens (including phenoxy) is 1. The number of nitrogens with two attached hydrogens (primary N) is 1. The van der Waals surface area contributed by atoms with Crippen LogP contribution in [0.25, 0.3) is 0 Å². The molecule has 0 spiro atoms. The van der Waals surface area contributed by atoms with Gasteiger partial charge in [0.05, 0.1) is 19.6 Å². The lowest BCUT2D eigenvalue weighted by Gasteiger charge is -2.24. The quantitative estimate of drug-likeness (QED) is 0.119. The zero-order valence-electron chi connectivity index (χ0n) is 27.1. The minimum atomic E-state index is -1.03. The maximum absolute atomic E-state index is 13.9. The summed E-state index contributed by atoms with van der Waals surface area (Å²) in [5, 5.41) is 11.2. The lowest BCUT2D eigenvalue weighted by molar-refractivity contribution is -0.132. The number of nitrogens with one attached hydrogen (secondary N) is 4. The van der Waals surface area contributed by atoms with E-state index in [0.717, 1.165) is 27.8 Å². The maximum atomic E-state index is 13.9. The molecule has 0 radical (unpaired) electrons. The summed E-state index contributed by atoms with van der Waals surface area (Å²) in [6.45, 7) is 2.78. The van der Waals surface area contributed by atoms with E-state index >= 15 is 0 Å². The van der Waals surface area contributed by atoms with E-state index in [4.69, 9.17) is 10.5 Å². The van der Waals surface area contributed by atoms with Crippen LogP contribution in [0.4, 0.5) is 0 Å². The molecule has 0 saturated heterocycles. The van der Waals surface area contributed by atoms with Crippen LogP contribution in [0.1, 0.15) is 34.7 Å². The number of hydrogen-bond donors (Lipinski definition) is 5. The molecule has 0 unspecified atom stereocenters. The third kappa shape index (κ3) is 11.7. The van der Waals surface area contributed by atoms with Gasteiger partial charge in [-0.2, -0.15) is 0 Å². The summed E-state index contributed by atoms with van der Waals surface area (Å²) >= 11 is 0. The van der Waals surface area contributed by atoms with E-state index in [2.05, 4.69) is 21.3 Å². The zero-order chi connectivity index (χ0) is 34.1. The monoisotopic (exact) mass is 649 g/mol. The zero-order valence-corrected chi connectivity index (χ0v) is 27.1. The highest BCUT2D eigenvalue weighted by atomic mass is 16.5. The van der Waals surface area contributed by atoms with Gasteiger partial charge in [0.1, 0.15) is 17.8 Å². The summed E-state index contributed by atoms with van der Waals surface area (Å²) in [7, 11) is 0. The molecule has 250 valence electrons. The molecule has 0 fully saturated rings. The first-order valence-electron chi connectivity index (χ1n) is 16.0. The van der Waals surface area contributed by atoms with Crippen molar-refractivity contribution in [2.45, 2.75) is 51.4 Å². The third-order valence-electron chi connectivity index (χ3n) is 7.62. The maximum Gasteiger partial charge on any atom is 0.243 e. The average molecular weight is 650 g/mol. The second-order valence-electron chi connectivity index (χ2n) is 11.3. The molecular formula is C38H43N5O5. The average Bonchev–Trinajstić information content (AvgIpc) is 3.11. The lowest BCUT2D eigenvalue weighted by Crippen LogP contribution is -2.56. The molecule has 4 aromatic rings. The van der Waals surface area contributed by atoms with Crippen molar-refractivity contribution in [3.8, 4) is 5.75 Å². The van der Waals surface area contributed by atoms with E-state index in [1.807, 2.05) is 104 Å². The van der Waals surface area contributed by atoms with Gasteiger partial charge < -0.3 is 31.7 Å². The summed E-state index contributed by atoms with van der Waals surface area (Å²) in [5.74, 6) is -1.07. The summed E-state index contributed by atoms with van der Waals surface area (Å²) in [6, 6.07) is 31.5. The summed E-state index contributed by atoms with van der Waals surface area (Å²) in [5.41, 5.74) is 10.0. The van der Waals surface area contributed by atoms with E-state index in [0.29, 0.717) is 18.9 Å². The molecule has 4 rings (SSSR count). The van der Waals surface area contributed by atoms with Gasteiger partial charge in [-0.05, 0) is 46.9 Å². The van der Waals surface area contributed by atoms with Crippen LogP contribution >= 0.6 is 0 Å². The molecule has 0 heterocycles. The van der Waals surface area contributed by atoms with Crippen molar-refractivity contribution in [3.63, 3.8) is 0 Å². The second-order valence-corrected chi connectivity index (χ2v) is 11.3. The predicted octanol–water partition coefficient (Wildman–Crippen LogP) is 2.97. The van der Waals surface area contributed by atoms with Gasteiger partial charge in [0.25, 0.3) is 0 Å². The largest absolute Gasteiger partial charge is 0.494 e. The van der Waals surface area contributed by atoms with Gasteiger partial charge in [-0.25, -0.2) is 0 Å². The number of carbonyl (C=O) groups excluding carboxylic acids is 4. The van der Waals surface area contributed by atoms with Crippen LogP contribution in [0.5, 0.6) is 5.75 Å². The Morgan fingerprint density at radius 1 is 0.604 bits per heavy atom. The molecule has 0 aromatic heterocycles. The van der Waals surface area contributed by atoms with Crippen LogP contribution in [-0.4, -0.2) is 48.9 Å². The normalized spacial score (nSPS) is 11.9. The van der Waals surface area contributed by atoms with Gasteiger partial charge in [-0.1, -0.05) is 97.1 Å². The molecule has 48 heavy (non-hydrogen) atoms. The Labute approximate surface area is 281 Å². The Balaban J connectivity index is 1.46. The minimum Gasteiger partial charge on any atom is -0.494 e. The molecule has 0 bridgehead atoms. The van der Waals surface area contributed by atoms with Crippen molar-refractivity contribution in [2.24, 2.45) is 5.73 Å². The molecule has 10 nitrogen and oxygen atoms in total. The number of amides is 4. The van der Waals surface area contributed by atoms with Crippen molar-refractivity contribution in [2.75, 3.05) is 13.2 Å². The molecule has 10 heteroatoms. The third-order valence-corrected chi connectivity index (χ3v) is 7.62. The van der Waals surface area contributed by atoms with Crippen LogP contribution < -0.4 is 31.7 Å². The molecule has 0 aliphatic heterocycles. The highest BCUT2D eigenvalue weighted by Gasteiger charge is 2.27. The molecular weight excluding hydrogens is 606 g/mol. The van der Waals surface area contributed by atoms with E-state index in [1.54, 1.807) is 12.1 Å². The standard InChI is InChI=1S/C38H43N5O5/c1-2-48-32-19-17-29(18-20-32)22-34(42-36(45)26-40-35(44)23-28-11-7-4-8-12-28)38(47)43-33(21-27-9-5-3-6-10-27)37(46)41-25-31-15-13-30(24-39)14-16-31/h3-20,33-34H,2,21-26,39H2,1H3,(H,40,44)(H,41,46)(H,42,45)(H,43,47)/t33-,34+/m0/s1. The molecule has 4 aromatic carbocycles. The van der Waals surface area contributed by atoms with Crippen molar-refractivity contribution in [1.82, 2.24) is 21.3 Å². The fourth-order valence-corrected chi connectivity index (χ4v) is 5.04. The Morgan fingerprint density at radius 2 is 1.15 bits per heavy atom. The first-order valence-corrected chi connectivity index (χ1v) is 16.0. The number of rotatable bonds is 17. The first-order chi connectivity index (χ1) is 23.3. The van der Waals surface area contributed by atoms with Gasteiger partial charge >= 0.3 is 0 Å². The molecule has 4 amide bonds. The molecule has 6 N–H and O–H groups in total. The van der Waals surface area contributed by atoms with E-state index in [1.165, 1.54) is 0 Å². The van der Waals surface area contributed by atoms with E-state index in [-0.39, 0.29) is 44.2 Å². The molecule has 0 aliphatic carbocycles. The van der Waals surface area contributed by atoms with Crippen LogP contribution in [0.2, 0.25) is 0 Å². The highest BCUT2D eigenvalue weighted by Crippen LogP contribution is 2.14. The number of benzene rings is 4. The van der Waals surface area contributed by atoms with Gasteiger partial charge in [0.2, 0.25) is 23.6 Å². The van der Waals surface area contributed by atoms with Gasteiger partial charge in [0.15, 0.2) is 0 Å². The van der Waals surface area contributed by atoms with Crippen molar-refractivity contribution in [3.05, 3.63) is 137 Å². The Morgan fingerprint density at radius 3 is 1.75 bits per heavy atom. The van der Waals surface area contributed by atoms with Gasteiger partial charge in [-0.15, -0.1) is 0 Å². The second kappa shape index (κ2) is 18.6.